The van der Waals surface area contributed by atoms with Crippen LogP contribution >= 0.6 is 11.6 Å². The number of benzene rings is 2. The van der Waals surface area contributed by atoms with Gasteiger partial charge < -0.3 is 19.4 Å². The summed E-state index contributed by atoms with van der Waals surface area (Å²) in [5, 5.41) is 4.59. The van der Waals surface area contributed by atoms with Crippen molar-refractivity contribution in [2.24, 2.45) is 0 Å². The summed E-state index contributed by atoms with van der Waals surface area (Å²) in [6, 6.07) is 14.4. The number of nitrogens with one attached hydrogen (secondary N) is 1. The van der Waals surface area contributed by atoms with Gasteiger partial charge in [-0.1, -0.05) is 35.9 Å². The fraction of sp³-hybridized carbons (Fsp3) is 0.273. The van der Waals surface area contributed by atoms with E-state index in [4.69, 9.17) is 21.1 Å². The summed E-state index contributed by atoms with van der Waals surface area (Å²) >= 11 is 6.09. The minimum Gasteiger partial charge on any atom is -0.483 e. The van der Waals surface area contributed by atoms with E-state index in [9.17, 15) is 9.59 Å². The van der Waals surface area contributed by atoms with Crippen LogP contribution in [0.2, 0.25) is 5.02 Å². The largest absolute Gasteiger partial charge is 0.483 e. The second kappa shape index (κ2) is 10.1. The molecule has 0 aliphatic heterocycles. The molecule has 0 aliphatic rings. The van der Waals surface area contributed by atoms with Crippen molar-refractivity contribution in [3.63, 3.8) is 0 Å². The maximum absolute atomic E-state index is 12.7. The van der Waals surface area contributed by atoms with Crippen molar-refractivity contribution in [3.05, 3.63) is 75.7 Å². The van der Waals surface area contributed by atoms with E-state index in [-0.39, 0.29) is 18.1 Å². The molecule has 0 saturated carbocycles. The zero-order valence-electron chi connectivity index (χ0n) is 16.2. The Hall–Kier alpha value is -2.83. The highest BCUT2D eigenvalue weighted by molar-refractivity contribution is 6.31. The molecule has 0 spiro atoms. The van der Waals surface area contributed by atoms with Crippen molar-refractivity contribution < 1.29 is 14.3 Å². The number of amides is 1. The Labute approximate surface area is 174 Å². The maximum Gasteiger partial charge on any atom is 0.258 e. The van der Waals surface area contributed by atoms with Crippen LogP contribution in [-0.4, -0.2) is 30.3 Å². The molecule has 152 valence electrons. The highest BCUT2D eigenvalue weighted by Crippen LogP contribution is 2.23. The Morgan fingerprint density at radius 3 is 2.72 bits per heavy atom. The van der Waals surface area contributed by atoms with Gasteiger partial charge in [-0.25, -0.2) is 0 Å². The molecular formula is C22H23ClN2O4. The van der Waals surface area contributed by atoms with E-state index < -0.39 is 0 Å². The number of halogens is 1. The third kappa shape index (κ3) is 5.37. The van der Waals surface area contributed by atoms with E-state index in [1.807, 2.05) is 31.2 Å². The molecule has 3 rings (SSSR count). The number of hydrogen-bond acceptors (Lipinski definition) is 4. The molecule has 0 radical (unpaired) electrons. The fourth-order valence-corrected chi connectivity index (χ4v) is 3.13. The highest BCUT2D eigenvalue weighted by atomic mass is 35.5. The van der Waals surface area contributed by atoms with Gasteiger partial charge in [0.25, 0.3) is 11.5 Å². The number of ether oxygens (including phenoxy) is 2. The normalized spacial score (nSPS) is 10.8. The number of aromatic nitrogens is 1. The van der Waals surface area contributed by atoms with Crippen LogP contribution in [0.3, 0.4) is 0 Å². The van der Waals surface area contributed by atoms with Gasteiger partial charge in [0.15, 0.2) is 6.61 Å². The van der Waals surface area contributed by atoms with Crippen LogP contribution in [0, 0.1) is 0 Å². The minimum absolute atomic E-state index is 0.115. The van der Waals surface area contributed by atoms with Crippen LogP contribution in [0.1, 0.15) is 12.5 Å². The van der Waals surface area contributed by atoms with Crippen molar-refractivity contribution in [2.45, 2.75) is 20.0 Å². The number of carbonyl (C=O) groups is 1. The second-order valence-corrected chi connectivity index (χ2v) is 6.79. The van der Waals surface area contributed by atoms with Crippen LogP contribution in [0.25, 0.3) is 10.8 Å². The Morgan fingerprint density at radius 1 is 1.10 bits per heavy atom. The van der Waals surface area contributed by atoms with Crippen molar-refractivity contribution >= 4 is 28.3 Å². The molecule has 0 saturated heterocycles. The first kappa shape index (κ1) is 20.9. The average molecular weight is 415 g/mol. The van der Waals surface area contributed by atoms with Gasteiger partial charge in [-0.3, -0.25) is 9.59 Å². The van der Waals surface area contributed by atoms with Crippen molar-refractivity contribution in [3.8, 4) is 5.75 Å². The molecule has 1 N–H and O–H groups in total. The monoisotopic (exact) mass is 414 g/mol. The summed E-state index contributed by atoms with van der Waals surface area (Å²) < 4.78 is 12.6. The number of fused-ring (bicyclic) bond motifs is 1. The Bertz CT molecular complexity index is 1050. The summed E-state index contributed by atoms with van der Waals surface area (Å²) in [5.74, 6) is 0.219. The van der Waals surface area contributed by atoms with Gasteiger partial charge in [-0.15, -0.1) is 0 Å². The molecule has 0 aliphatic carbocycles. The molecule has 1 aromatic heterocycles. The molecule has 29 heavy (non-hydrogen) atoms. The van der Waals surface area contributed by atoms with Crippen molar-refractivity contribution in [2.75, 3.05) is 19.8 Å². The lowest BCUT2D eigenvalue weighted by molar-refractivity contribution is -0.123. The number of nitrogens with zero attached hydrogens (tertiary/aromatic N) is 1. The molecule has 1 amide bonds. The zero-order chi connectivity index (χ0) is 20.6. The van der Waals surface area contributed by atoms with E-state index in [1.165, 1.54) is 0 Å². The predicted molar refractivity (Wildman–Crippen MR) is 113 cm³/mol. The van der Waals surface area contributed by atoms with Crippen LogP contribution < -0.4 is 15.6 Å². The van der Waals surface area contributed by atoms with Gasteiger partial charge in [0.2, 0.25) is 0 Å². The molecule has 7 heteroatoms. The van der Waals surface area contributed by atoms with Crippen LogP contribution in [0.15, 0.2) is 59.5 Å². The van der Waals surface area contributed by atoms with Crippen LogP contribution in [0.5, 0.6) is 5.75 Å². The number of rotatable bonds is 9. The molecule has 0 bridgehead atoms. The van der Waals surface area contributed by atoms with Gasteiger partial charge in [0, 0.05) is 36.3 Å². The molecule has 0 fully saturated rings. The average Bonchev–Trinajstić information content (AvgIpc) is 2.73. The summed E-state index contributed by atoms with van der Waals surface area (Å²) in [6.07, 6.45) is 1.72. The fourth-order valence-electron chi connectivity index (χ4n) is 2.93. The number of pyridine rings is 1. The molecule has 1 heterocycles. The molecule has 6 nitrogen and oxygen atoms in total. The van der Waals surface area contributed by atoms with E-state index in [2.05, 4.69) is 5.32 Å². The Balaban J connectivity index is 1.65. The van der Waals surface area contributed by atoms with Gasteiger partial charge in [-0.05, 0) is 36.8 Å². The van der Waals surface area contributed by atoms with Crippen molar-refractivity contribution in [1.82, 2.24) is 9.88 Å². The van der Waals surface area contributed by atoms with Crippen LogP contribution in [-0.2, 0) is 22.6 Å². The first-order valence-electron chi connectivity index (χ1n) is 9.43. The molecule has 2 aromatic carbocycles. The smallest absolute Gasteiger partial charge is 0.258 e. The minimum atomic E-state index is -0.271. The predicted octanol–water partition coefficient (Wildman–Crippen LogP) is 3.39. The molecule has 3 aromatic rings. The van der Waals surface area contributed by atoms with E-state index in [0.717, 1.165) is 5.56 Å². The van der Waals surface area contributed by atoms with Crippen molar-refractivity contribution in [1.29, 1.82) is 0 Å². The highest BCUT2D eigenvalue weighted by Gasteiger charge is 2.10. The molecule has 0 atom stereocenters. The quantitative estimate of drug-likeness (QED) is 0.545. The van der Waals surface area contributed by atoms with Gasteiger partial charge in [0.1, 0.15) is 5.75 Å². The topological polar surface area (TPSA) is 69.6 Å². The number of carbonyl (C=O) groups excluding carboxylic acids is 1. The summed E-state index contributed by atoms with van der Waals surface area (Å²) in [4.78, 5) is 24.8. The summed E-state index contributed by atoms with van der Waals surface area (Å²) in [7, 11) is 0. The summed E-state index contributed by atoms with van der Waals surface area (Å²) in [5.41, 5.74) is 0.719. The molecule has 0 unspecified atom stereocenters. The van der Waals surface area contributed by atoms with E-state index in [1.54, 1.807) is 35.0 Å². The first-order valence-corrected chi connectivity index (χ1v) is 9.80. The lowest BCUT2D eigenvalue weighted by Crippen LogP contribution is -2.28. The zero-order valence-corrected chi connectivity index (χ0v) is 16.9. The Kier molecular flexibility index (Phi) is 7.27. The van der Waals surface area contributed by atoms with Crippen LogP contribution in [0.4, 0.5) is 0 Å². The van der Waals surface area contributed by atoms with Gasteiger partial charge >= 0.3 is 0 Å². The standard InChI is InChI=1S/C22H23ClN2O4/c1-2-28-13-12-25-11-10-17-18(22(25)27)7-5-9-20(17)29-15-21(26)24-14-16-6-3-4-8-19(16)23/h3-11H,2,12-15H2,1H3,(H,24,26). The number of hydrogen-bond donors (Lipinski definition) is 1. The van der Waals surface area contributed by atoms with E-state index >= 15 is 0 Å². The third-order valence-corrected chi connectivity index (χ3v) is 4.82. The SMILES string of the molecule is CCOCCn1ccc2c(OCC(=O)NCc3ccccc3Cl)cccc2c1=O. The third-order valence-electron chi connectivity index (χ3n) is 4.45. The maximum atomic E-state index is 12.7. The van der Waals surface area contributed by atoms with Gasteiger partial charge in [-0.2, -0.15) is 0 Å². The van der Waals surface area contributed by atoms with Gasteiger partial charge in [0.05, 0.1) is 12.0 Å². The second-order valence-electron chi connectivity index (χ2n) is 6.39. The lowest BCUT2D eigenvalue weighted by atomic mass is 10.1. The Morgan fingerprint density at radius 2 is 1.93 bits per heavy atom. The lowest BCUT2D eigenvalue weighted by Gasteiger charge is -2.12. The molecular weight excluding hydrogens is 392 g/mol. The van der Waals surface area contributed by atoms with E-state index in [0.29, 0.717) is 47.8 Å². The first-order chi connectivity index (χ1) is 14.1. The summed E-state index contributed by atoms with van der Waals surface area (Å²) in [6.45, 7) is 3.65.